The maximum absolute atomic E-state index is 4.38. The molecule has 0 aromatic carbocycles. The van der Waals surface area contributed by atoms with Crippen molar-refractivity contribution in [2.75, 3.05) is 0 Å². The van der Waals surface area contributed by atoms with Gasteiger partial charge in [0.05, 0.1) is 0 Å². The Bertz CT molecular complexity index is 301. The predicted octanol–water partition coefficient (Wildman–Crippen LogP) is 3.76. The first-order chi connectivity index (χ1) is 7.66. The van der Waals surface area contributed by atoms with Gasteiger partial charge in [0.25, 0.3) is 0 Å². The van der Waals surface area contributed by atoms with Crippen LogP contribution >= 0.6 is 0 Å². The van der Waals surface area contributed by atoms with E-state index in [2.05, 4.69) is 36.6 Å². The van der Waals surface area contributed by atoms with E-state index in [0.29, 0.717) is 0 Å². The highest BCUT2D eigenvalue weighted by Crippen LogP contribution is 2.28. The maximum Gasteiger partial charge on any atom is 0.0492 e. The van der Waals surface area contributed by atoms with Crippen molar-refractivity contribution in [3.05, 3.63) is 18.0 Å². The van der Waals surface area contributed by atoms with E-state index in [0.717, 1.165) is 24.3 Å². The molecule has 1 aliphatic heterocycles. The van der Waals surface area contributed by atoms with Crippen LogP contribution in [0.4, 0.5) is 0 Å². The first kappa shape index (κ1) is 13.3. The van der Waals surface area contributed by atoms with Gasteiger partial charge in [0, 0.05) is 18.4 Å². The van der Waals surface area contributed by atoms with Crippen molar-refractivity contribution in [3.8, 4) is 0 Å². The lowest BCUT2D eigenvalue weighted by Gasteiger charge is -2.20. The van der Waals surface area contributed by atoms with Crippen LogP contribution in [-0.4, -0.2) is 9.78 Å². The lowest BCUT2D eigenvalue weighted by molar-refractivity contribution is 0.307. The van der Waals surface area contributed by atoms with Gasteiger partial charge in [-0.05, 0) is 36.7 Å². The highest BCUT2D eigenvalue weighted by molar-refractivity contribution is 5.03. The first-order valence-electron chi connectivity index (χ1n) is 6.67. The minimum atomic E-state index is 0.767. The molecule has 2 rings (SSSR count). The Morgan fingerprint density at radius 3 is 2.69 bits per heavy atom. The van der Waals surface area contributed by atoms with E-state index in [1.165, 1.54) is 18.5 Å². The van der Waals surface area contributed by atoms with Crippen molar-refractivity contribution in [3.63, 3.8) is 0 Å². The van der Waals surface area contributed by atoms with Crippen LogP contribution in [0.2, 0.25) is 0 Å². The van der Waals surface area contributed by atoms with E-state index in [1.54, 1.807) is 0 Å². The number of aromatic nitrogens is 2. The molecule has 0 saturated heterocycles. The van der Waals surface area contributed by atoms with Gasteiger partial charge in [-0.3, -0.25) is 4.68 Å². The molecule has 0 radical (unpaired) electrons. The summed E-state index contributed by atoms with van der Waals surface area (Å²) in [5.74, 6) is 2.39. The normalized spacial score (nSPS) is 24.4. The van der Waals surface area contributed by atoms with Crippen molar-refractivity contribution in [1.82, 2.24) is 9.78 Å². The summed E-state index contributed by atoms with van der Waals surface area (Å²) in [4.78, 5) is 0. The van der Waals surface area contributed by atoms with Crippen molar-refractivity contribution >= 4 is 0 Å². The Balaban J connectivity index is 0.000000606. The van der Waals surface area contributed by atoms with Gasteiger partial charge >= 0.3 is 0 Å². The van der Waals surface area contributed by atoms with Gasteiger partial charge in [0.1, 0.15) is 0 Å². The second kappa shape index (κ2) is 6.07. The minimum absolute atomic E-state index is 0.767. The average molecular weight is 222 g/mol. The summed E-state index contributed by atoms with van der Waals surface area (Å²) in [6.45, 7) is 12.1. The highest BCUT2D eigenvalue weighted by Gasteiger charge is 2.23. The summed E-state index contributed by atoms with van der Waals surface area (Å²) in [6.07, 6.45) is 4.49. The predicted molar refractivity (Wildman–Crippen MR) is 69.4 cm³/mol. The monoisotopic (exact) mass is 222 g/mol. The van der Waals surface area contributed by atoms with Crippen LogP contribution in [0.3, 0.4) is 0 Å². The standard InChI is InChI=1S/C12H20N2.C2H6/c1-9(2)11-6-10(3)8-14-12(7-11)4-5-13-14;1-2/h4-5,9-11H,6-8H2,1-3H3;1-2H3. The SMILES string of the molecule is CC.CC1CC(C(C)C)Cc2ccnn2C1. The zero-order valence-electron chi connectivity index (χ0n) is 11.4. The van der Waals surface area contributed by atoms with Crippen LogP contribution in [0.5, 0.6) is 0 Å². The number of hydrogen-bond donors (Lipinski definition) is 0. The lowest BCUT2D eigenvalue weighted by Crippen LogP contribution is -2.13. The highest BCUT2D eigenvalue weighted by atomic mass is 15.3. The van der Waals surface area contributed by atoms with E-state index in [4.69, 9.17) is 0 Å². The molecule has 1 aliphatic rings. The van der Waals surface area contributed by atoms with Crippen molar-refractivity contribution in [1.29, 1.82) is 0 Å². The quantitative estimate of drug-likeness (QED) is 0.707. The van der Waals surface area contributed by atoms with E-state index in [1.807, 2.05) is 20.0 Å². The van der Waals surface area contributed by atoms with Gasteiger partial charge in [-0.15, -0.1) is 0 Å². The van der Waals surface area contributed by atoms with E-state index < -0.39 is 0 Å². The Labute approximate surface area is 100 Å². The lowest BCUT2D eigenvalue weighted by atomic mass is 9.85. The van der Waals surface area contributed by atoms with Crippen molar-refractivity contribution in [2.24, 2.45) is 17.8 Å². The Kier molecular flexibility index (Phi) is 5.04. The van der Waals surface area contributed by atoms with Gasteiger partial charge < -0.3 is 0 Å². The molecule has 0 N–H and O–H groups in total. The zero-order valence-corrected chi connectivity index (χ0v) is 11.4. The largest absolute Gasteiger partial charge is 0.269 e. The molecule has 1 aromatic heterocycles. The van der Waals surface area contributed by atoms with E-state index in [-0.39, 0.29) is 0 Å². The molecule has 1 aromatic rings. The Morgan fingerprint density at radius 2 is 2.06 bits per heavy atom. The molecule has 2 nitrogen and oxygen atoms in total. The van der Waals surface area contributed by atoms with Crippen molar-refractivity contribution < 1.29 is 0 Å². The summed E-state index contributed by atoms with van der Waals surface area (Å²) in [7, 11) is 0. The minimum Gasteiger partial charge on any atom is -0.269 e. The molecule has 0 bridgehead atoms. The molecule has 2 heterocycles. The van der Waals surface area contributed by atoms with Crippen LogP contribution in [0.25, 0.3) is 0 Å². The molecule has 0 fully saturated rings. The fourth-order valence-corrected chi connectivity index (χ4v) is 2.44. The van der Waals surface area contributed by atoms with Crippen molar-refractivity contribution in [2.45, 2.75) is 54.0 Å². The smallest absolute Gasteiger partial charge is 0.0492 e. The fourth-order valence-electron chi connectivity index (χ4n) is 2.44. The third kappa shape index (κ3) is 3.10. The first-order valence-corrected chi connectivity index (χ1v) is 6.67. The third-order valence-electron chi connectivity index (χ3n) is 3.41. The third-order valence-corrected chi connectivity index (χ3v) is 3.41. The fraction of sp³-hybridized carbons (Fsp3) is 0.786. The molecule has 2 heteroatoms. The summed E-state index contributed by atoms with van der Waals surface area (Å²) in [5.41, 5.74) is 1.42. The van der Waals surface area contributed by atoms with Crippen LogP contribution in [0.15, 0.2) is 12.3 Å². The topological polar surface area (TPSA) is 17.8 Å². The summed E-state index contributed by atoms with van der Waals surface area (Å²) in [6, 6.07) is 2.17. The molecule has 0 amide bonds. The molecule has 92 valence electrons. The molecule has 0 aliphatic carbocycles. The van der Waals surface area contributed by atoms with Gasteiger partial charge in [-0.2, -0.15) is 5.10 Å². The molecular weight excluding hydrogens is 196 g/mol. The van der Waals surface area contributed by atoms with Crippen LogP contribution in [0, 0.1) is 17.8 Å². The Hall–Kier alpha value is -0.790. The molecule has 0 spiro atoms. The number of rotatable bonds is 1. The van der Waals surface area contributed by atoms with Gasteiger partial charge in [-0.25, -0.2) is 0 Å². The molecule has 16 heavy (non-hydrogen) atoms. The summed E-state index contributed by atoms with van der Waals surface area (Å²) >= 11 is 0. The van der Waals surface area contributed by atoms with Gasteiger partial charge in [-0.1, -0.05) is 34.6 Å². The van der Waals surface area contributed by atoms with Crippen LogP contribution in [-0.2, 0) is 13.0 Å². The molecule has 0 saturated carbocycles. The van der Waals surface area contributed by atoms with Gasteiger partial charge in [0.15, 0.2) is 0 Å². The van der Waals surface area contributed by atoms with Gasteiger partial charge in [0.2, 0.25) is 0 Å². The van der Waals surface area contributed by atoms with E-state index in [9.17, 15) is 0 Å². The molecule has 2 unspecified atom stereocenters. The molecular formula is C14H26N2. The second-order valence-electron chi connectivity index (χ2n) is 5.05. The van der Waals surface area contributed by atoms with E-state index >= 15 is 0 Å². The zero-order chi connectivity index (χ0) is 12.1. The molecule has 2 atom stereocenters. The average Bonchev–Trinajstić information content (AvgIpc) is 2.61. The number of hydrogen-bond acceptors (Lipinski definition) is 1. The van der Waals surface area contributed by atoms with Crippen LogP contribution < -0.4 is 0 Å². The summed E-state index contributed by atoms with van der Waals surface area (Å²) < 4.78 is 2.19. The van der Waals surface area contributed by atoms with Crippen LogP contribution in [0.1, 0.15) is 46.7 Å². The number of nitrogens with zero attached hydrogens (tertiary/aromatic N) is 2. The maximum atomic E-state index is 4.38. The second-order valence-corrected chi connectivity index (χ2v) is 5.05. The Morgan fingerprint density at radius 1 is 1.38 bits per heavy atom. The number of fused-ring (bicyclic) bond motifs is 1. The summed E-state index contributed by atoms with van der Waals surface area (Å²) in [5, 5.41) is 4.38.